The van der Waals surface area contributed by atoms with Crippen molar-refractivity contribution in [2.45, 2.75) is 43.7 Å². The van der Waals surface area contributed by atoms with E-state index in [1.54, 1.807) is 0 Å². The maximum absolute atomic E-state index is 14.8. The zero-order chi connectivity index (χ0) is 26.4. The van der Waals surface area contributed by atoms with Crippen LogP contribution in [0.1, 0.15) is 51.5 Å². The van der Waals surface area contributed by atoms with Crippen LogP contribution < -0.4 is 10.1 Å². The lowest BCUT2D eigenvalue weighted by Gasteiger charge is -2.17. The van der Waals surface area contributed by atoms with Gasteiger partial charge in [0.05, 0.1) is 9.73 Å². The smallest absolute Gasteiger partial charge is 0.418 e. The summed E-state index contributed by atoms with van der Waals surface area (Å²) in [6.45, 7) is 2.44. The summed E-state index contributed by atoms with van der Waals surface area (Å²) in [5, 5.41) is 9.07. The molecule has 2 N–H and O–H groups in total. The summed E-state index contributed by atoms with van der Waals surface area (Å²) in [5.41, 5.74) is -2.01. The Balaban J connectivity index is 1.76. The van der Waals surface area contributed by atoms with E-state index in [0.29, 0.717) is 5.56 Å². The van der Waals surface area contributed by atoms with Crippen LogP contribution in [0.3, 0.4) is 0 Å². The van der Waals surface area contributed by atoms with E-state index in [1.165, 1.54) is 43.6 Å². The Morgan fingerprint density at radius 2 is 1.86 bits per heavy atom. The van der Waals surface area contributed by atoms with E-state index in [4.69, 9.17) is 9.52 Å². The number of alkyl halides is 3. The number of ether oxygens (including phenoxy) is 1. The number of carbonyl (C=O) groups is 1. The Labute approximate surface area is 204 Å². The highest BCUT2D eigenvalue weighted by atomic mass is 32.2. The Hall–Kier alpha value is -3.61. The average molecular weight is 524 g/mol. The molecule has 1 fully saturated rings. The molecule has 0 spiro atoms. The van der Waals surface area contributed by atoms with Crippen LogP contribution in [0.5, 0.6) is 11.8 Å². The molecule has 1 aliphatic rings. The molecule has 2 heterocycles. The predicted octanol–water partition coefficient (Wildman–Crippen LogP) is 5.60. The van der Waals surface area contributed by atoms with Crippen LogP contribution in [0.2, 0.25) is 0 Å². The number of hydrogen-bond donors (Lipinski definition) is 2. The zero-order valence-corrected chi connectivity index (χ0v) is 20.2. The van der Waals surface area contributed by atoms with E-state index < -0.39 is 50.3 Å². The van der Waals surface area contributed by atoms with Crippen molar-refractivity contribution in [3.63, 3.8) is 0 Å². The maximum atomic E-state index is 14.8. The molecule has 1 atom stereocenters. The number of halogens is 4. The topological polar surface area (TPSA) is 118 Å². The molecule has 0 saturated heterocycles. The van der Waals surface area contributed by atoms with Crippen molar-refractivity contribution in [1.29, 1.82) is 4.78 Å². The van der Waals surface area contributed by atoms with Crippen LogP contribution in [0, 0.1) is 24.4 Å². The van der Waals surface area contributed by atoms with Gasteiger partial charge in [0.25, 0.3) is 11.8 Å². The summed E-state index contributed by atoms with van der Waals surface area (Å²) >= 11 is 0. The monoisotopic (exact) mass is 523 g/mol. The number of anilines is 1. The number of amides is 1. The lowest BCUT2D eigenvalue weighted by atomic mass is 10.1. The van der Waals surface area contributed by atoms with Gasteiger partial charge < -0.3 is 10.1 Å². The molecule has 8 nitrogen and oxygen atoms in total. The summed E-state index contributed by atoms with van der Waals surface area (Å²) in [4.78, 5) is 17.3. The predicted molar refractivity (Wildman–Crippen MR) is 122 cm³/mol. The summed E-state index contributed by atoms with van der Waals surface area (Å²) in [6, 6.07) is 5.56. The van der Waals surface area contributed by atoms with E-state index in [9.17, 15) is 26.6 Å². The number of aromatic nitrogens is 3. The first-order valence-electron chi connectivity index (χ1n) is 10.7. The van der Waals surface area contributed by atoms with Crippen molar-refractivity contribution in [1.82, 2.24) is 15.2 Å². The van der Waals surface area contributed by atoms with Gasteiger partial charge in [0, 0.05) is 34.2 Å². The Morgan fingerprint density at radius 1 is 1.17 bits per heavy atom. The van der Waals surface area contributed by atoms with Crippen molar-refractivity contribution in [3.8, 4) is 11.8 Å². The second kappa shape index (κ2) is 9.12. The van der Waals surface area contributed by atoms with Crippen LogP contribution >= 0.6 is 0 Å². The molecule has 4 rings (SSSR count). The van der Waals surface area contributed by atoms with Crippen molar-refractivity contribution < 1.29 is 31.3 Å². The second-order valence-electron chi connectivity index (χ2n) is 8.51. The first-order chi connectivity index (χ1) is 16.8. The van der Waals surface area contributed by atoms with Crippen molar-refractivity contribution in [2.75, 3.05) is 11.6 Å². The third kappa shape index (κ3) is 5.15. The fraction of sp³-hybridized carbons (Fsp3) is 0.304. The van der Waals surface area contributed by atoms with Crippen LogP contribution in [0.25, 0.3) is 0 Å². The van der Waals surface area contributed by atoms with E-state index >= 15 is 0 Å². The molecule has 0 aliphatic heterocycles. The Kier molecular flexibility index (Phi) is 6.45. The van der Waals surface area contributed by atoms with Gasteiger partial charge in [-0.3, -0.25) is 4.79 Å². The van der Waals surface area contributed by atoms with Gasteiger partial charge in [-0.2, -0.15) is 13.2 Å². The molecule has 0 bridgehead atoms. The third-order valence-electron chi connectivity index (χ3n) is 5.66. The van der Waals surface area contributed by atoms with Crippen LogP contribution in [0.15, 0.2) is 35.4 Å². The number of nitrogens with zero attached hydrogens (tertiary/aromatic N) is 3. The van der Waals surface area contributed by atoms with Crippen molar-refractivity contribution >= 4 is 21.3 Å². The lowest BCUT2D eigenvalue weighted by Crippen LogP contribution is -2.21. The minimum atomic E-state index is -4.91. The fourth-order valence-corrected chi connectivity index (χ4v) is 4.27. The molecule has 1 unspecified atom stereocenters. The molecule has 1 amide bonds. The number of pyridine rings is 1. The van der Waals surface area contributed by atoms with E-state index in [2.05, 4.69) is 20.5 Å². The van der Waals surface area contributed by atoms with E-state index in [1.807, 2.05) is 0 Å². The third-order valence-corrected chi connectivity index (χ3v) is 6.81. The van der Waals surface area contributed by atoms with Gasteiger partial charge in [-0.05, 0) is 56.4 Å². The van der Waals surface area contributed by atoms with Crippen LogP contribution in [-0.2, 0) is 15.9 Å². The molecule has 190 valence electrons. The summed E-state index contributed by atoms with van der Waals surface area (Å²) in [6.07, 6.45) is -0.750. The number of benzene rings is 1. The van der Waals surface area contributed by atoms with Crippen molar-refractivity contribution in [3.05, 3.63) is 64.2 Å². The summed E-state index contributed by atoms with van der Waals surface area (Å²) in [7, 11) is -3.11. The van der Waals surface area contributed by atoms with Gasteiger partial charge in [-0.15, -0.1) is 10.2 Å². The second-order valence-corrected chi connectivity index (χ2v) is 10.7. The summed E-state index contributed by atoms with van der Waals surface area (Å²) < 4.78 is 80.6. The van der Waals surface area contributed by atoms with Crippen LogP contribution in [0.4, 0.5) is 23.2 Å². The highest BCUT2D eigenvalue weighted by molar-refractivity contribution is 7.91. The van der Waals surface area contributed by atoms with E-state index in [-0.39, 0.29) is 27.9 Å². The van der Waals surface area contributed by atoms with Crippen molar-refractivity contribution in [2.24, 2.45) is 0 Å². The lowest BCUT2D eigenvalue weighted by molar-refractivity contribution is -0.142. The molecule has 3 aromatic rings. The van der Waals surface area contributed by atoms with Gasteiger partial charge in [0.1, 0.15) is 11.4 Å². The normalized spacial score (nSPS) is 15.3. The molecule has 0 radical (unpaired) electrons. The zero-order valence-electron chi connectivity index (χ0n) is 19.4. The molecular weight excluding hydrogens is 502 g/mol. The SMILES string of the molecule is Cc1c(Oc2nnc(C(F)(F)F)c(C)c2C(=O)Nc2cccc(S(C)(=N)=O)c2)ncc(C2CC2)c1F. The minimum Gasteiger partial charge on any atom is -0.418 e. The Bertz CT molecular complexity index is 1470. The minimum absolute atomic E-state index is 0.0194. The molecule has 1 aromatic carbocycles. The standard InChI is InChI=1S/C23H21F4N5O3S/c1-11-17(20(33)30-14-5-4-6-15(9-14)36(3,28)34)22(32-31-19(11)23(25,26)27)35-21-12(2)18(24)16(10-29-21)13-7-8-13/h4-6,9-10,13,28H,7-8H2,1-3H3,(H,30,33). The number of nitrogens with one attached hydrogen (secondary N) is 2. The van der Waals surface area contributed by atoms with E-state index in [0.717, 1.165) is 19.8 Å². The molecule has 13 heteroatoms. The summed E-state index contributed by atoms with van der Waals surface area (Å²) in [5.74, 6) is -2.36. The molecule has 1 saturated carbocycles. The molecule has 36 heavy (non-hydrogen) atoms. The van der Waals surface area contributed by atoms with Gasteiger partial charge in [0.15, 0.2) is 5.69 Å². The Morgan fingerprint density at radius 3 is 2.47 bits per heavy atom. The first kappa shape index (κ1) is 25.5. The highest BCUT2D eigenvalue weighted by Gasteiger charge is 2.38. The van der Waals surface area contributed by atoms with Gasteiger partial charge in [0.2, 0.25) is 5.88 Å². The maximum Gasteiger partial charge on any atom is 0.435 e. The number of carbonyl (C=O) groups excluding carboxylic acids is 1. The molecular formula is C23H21F4N5O3S. The largest absolute Gasteiger partial charge is 0.435 e. The van der Waals surface area contributed by atoms with Crippen LogP contribution in [-0.4, -0.2) is 31.6 Å². The fourth-order valence-electron chi connectivity index (χ4n) is 3.58. The number of rotatable bonds is 6. The highest BCUT2D eigenvalue weighted by Crippen LogP contribution is 2.43. The van der Waals surface area contributed by atoms with Gasteiger partial charge in [-0.1, -0.05) is 6.07 Å². The number of hydrogen-bond acceptors (Lipinski definition) is 7. The first-order valence-corrected chi connectivity index (χ1v) is 12.7. The molecule has 2 aromatic heterocycles. The quantitative estimate of drug-likeness (QED) is 0.406. The van der Waals surface area contributed by atoms with Gasteiger partial charge >= 0.3 is 6.18 Å². The molecule has 1 aliphatic carbocycles. The average Bonchev–Trinajstić information content (AvgIpc) is 3.61. The van der Waals surface area contributed by atoms with Gasteiger partial charge in [-0.25, -0.2) is 18.4 Å².